The van der Waals surface area contributed by atoms with Gasteiger partial charge in [-0.15, -0.1) is 0 Å². The Morgan fingerprint density at radius 3 is 2.29 bits per heavy atom. The van der Waals surface area contributed by atoms with E-state index < -0.39 is 5.60 Å². The first-order valence-electron chi connectivity index (χ1n) is 8.07. The van der Waals surface area contributed by atoms with Crippen molar-refractivity contribution in [1.82, 2.24) is 4.90 Å². The fourth-order valence-corrected chi connectivity index (χ4v) is 2.41. The standard InChI is InChI=1S/C18H25N3O3/c1-18(2,3)24-17(23)20-11-9-14(10-12-20)13-16(22)21(19)15-7-5-4-6-8-15/h4-8,13H,9-12,19H2,1-3H3. The molecule has 1 aromatic rings. The summed E-state index contributed by atoms with van der Waals surface area (Å²) in [4.78, 5) is 25.9. The van der Waals surface area contributed by atoms with Crippen LogP contribution in [0.1, 0.15) is 33.6 Å². The number of ether oxygens (including phenoxy) is 1. The molecule has 2 amide bonds. The number of benzene rings is 1. The van der Waals surface area contributed by atoms with E-state index in [1.807, 2.05) is 39.0 Å². The van der Waals surface area contributed by atoms with Crippen molar-refractivity contribution < 1.29 is 14.3 Å². The highest BCUT2D eigenvalue weighted by Gasteiger charge is 2.25. The van der Waals surface area contributed by atoms with Crippen LogP contribution in [0.4, 0.5) is 10.5 Å². The third-order valence-corrected chi connectivity index (χ3v) is 3.66. The molecular weight excluding hydrogens is 306 g/mol. The molecule has 0 saturated carbocycles. The van der Waals surface area contributed by atoms with Gasteiger partial charge in [-0.3, -0.25) is 4.79 Å². The molecule has 0 aliphatic carbocycles. The second-order valence-corrected chi connectivity index (χ2v) is 6.81. The summed E-state index contributed by atoms with van der Waals surface area (Å²) >= 11 is 0. The lowest BCUT2D eigenvalue weighted by Gasteiger charge is -2.31. The highest BCUT2D eigenvalue weighted by molar-refractivity contribution is 6.00. The maximum atomic E-state index is 12.2. The van der Waals surface area contributed by atoms with Crippen molar-refractivity contribution in [3.8, 4) is 0 Å². The van der Waals surface area contributed by atoms with Crippen LogP contribution in [0.3, 0.4) is 0 Å². The van der Waals surface area contributed by atoms with Gasteiger partial charge in [-0.05, 0) is 45.7 Å². The molecule has 1 aromatic carbocycles. The van der Waals surface area contributed by atoms with Gasteiger partial charge in [0.2, 0.25) is 0 Å². The zero-order valence-electron chi connectivity index (χ0n) is 14.5. The molecule has 2 rings (SSSR count). The van der Waals surface area contributed by atoms with Gasteiger partial charge in [-0.1, -0.05) is 23.8 Å². The largest absolute Gasteiger partial charge is 0.444 e. The molecule has 0 unspecified atom stereocenters. The van der Waals surface area contributed by atoms with Crippen LogP contribution < -0.4 is 10.9 Å². The molecule has 2 N–H and O–H groups in total. The zero-order valence-corrected chi connectivity index (χ0v) is 14.5. The summed E-state index contributed by atoms with van der Waals surface area (Å²) in [6.07, 6.45) is 2.55. The second kappa shape index (κ2) is 7.49. The van der Waals surface area contributed by atoms with Crippen LogP contribution in [0.15, 0.2) is 42.0 Å². The molecule has 0 aromatic heterocycles. The number of likely N-dealkylation sites (tertiary alicyclic amines) is 1. The van der Waals surface area contributed by atoms with Gasteiger partial charge >= 0.3 is 6.09 Å². The number of para-hydroxylation sites is 1. The Balaban J connectivity index is 1.91. The zero-order chi connectivity index (χ0) is 17.7. The molecular formula is C18H25N3O3. The molecule has 6 nitrogen and oxygen atoms in total. The van der Waals surface area contributed by atoms with Gasteiger partial charge in [0, 0.05) is 19.2 Å². The van der Waals surface area contributed by atoms with Crippen LogP contribution >= 0.6 is 0 Å². The first-order valence-corrected chi connectivity index (χ1v) is 8.07. The van der Waals surface area contributed by atoms with Crippen LogP contribution in [0, 0.1) is 0 Å². The number of hydrogen-bond acceptors (Lipinski definition) is 4. The van der Waals surface area contributed by atoms with Gasteiger partial charge in [-0.2, -0.15) is 0 Å². The molecule has 0 atom stereocenters. The molecule has 1 fully saturated rings. The fraction of sp³-hybridized carbons (Fsp3) is 0.444. The molecule has 0 radical (unpaired) electrons. The summed E-state index contributed by atoms with van der Waals surface area (Å²) in [6, 6.07) is 9.08. The van der Waals surface area contributed by atoms with E-state index in [4.69, 9.17) is 10.6 Å². The summed E-state index contributed by atoms with van der Waals surface area (Å²) in [7, 11) is 0. The number of carbonyl (C=O) groups is 2. The minimum atomic E-state index is -0.501. The average molecular weight is 331 g/mol. The van der Waals surface area contributed by atoms with Crippen molar-refractivity contribution in [2.45, 2.75) is 39.2 Å². The monoisotopic (exact) mass is 331 g/mol. The third-order valence-electron chi connectivity index (χ3n) is 3.66. The lowest BCUT2D eigenvalue weighted by Crippen LogP contribution is -2.41. The van der Waals surface area contributed by atoms with Crippen molar-refractivity contribution in [3.05, 3.63) is 42.0 Å². The first-order chi connectivity index (χ1) is 11.3. The summed E-state index contributed by atoms with van der Waals surface area (Å²) in [5, 5.41) is 1.13. The lowest BCUT2D eigenvalue weighted by molar-refractivity contribution is -0.114. The number of nitrogens with two attached hydrogens (primary N) is 1. The quantitative estimate of drug-likeness (QED) is 0.391. The van der Waals surface area contributed by atoms with E-state index in [1.165, 1.54) is 0 Å². The van der Waals surface area contributed by atoms with Gasteiger partial charge in [0.25, 0.3) is 5.91 Å². The Morgan fingerprint density at radius 1 is 1.17 bits per heavy atom. The highest BCUT2D eigenvalue weighted by atomic mass is 16.6. The van der Waals surface area contributed by atoms with Crippen LogP contribution in [0.2, 0.25) is 0 Å². The third kappa shape index (κ3) is 5.09. The Labute approximate surface area is 142 Å². The number of carbonyl (C=O) groups excluding carboxylic acids is 2. The van der Waals surface area contributed by atoms with E-state index in [1.54, 1.807) is 23.1 Å². The molecule has 1 heterocycles. The maximum Gasteiger partial charge on any atom is 0.410 e. The molecule has 0 spiro atoms. The smallest absolute Gasteiger partial charge is 0.410 e. The minimum absolute atomic E-state index is 0.262. The van der Waals surface area contributed by atoms with Gasteiger partial charge in [0.1, 0.15) is 5.60 Å². The lowest BCUT2D eigenvalue weighted by atomic mass is 10.0. The Bertz CT molecular complexity index is 610. The molecule has 1 aliphatic rings. The van der Waals surface area contributed by atoms with Gasteiger partial charge in [0.15, 0.2) is 0 Å². The second-order valence-electron chi connectivity index (χ2n) is 6.81. The first kappa shape index (κ1) is 18.0. The van der Waals surface area contributed by atoms with E-state index >= 15 is 0 Å². The summed E-state index contributed by atoms with van der Waals surface area (Å²) in [5.74, 6) is 5.59. The topological polar surface area (TPSA) is 75.9 Å². The summed E-state index contributed by atoms with van der Waals surface area (Å²) in [5.41, 5.74) is 1.13. The van der Waals surface area contributed by atoms with E-state index in [2.05, 4.69) is 0 Å². The average Bonchev–Trinajstić information content (AvgIpc) is 2.54. The number of nitrogens with zero attached hydrogens (tertiary/aromatic N) is 2. The number of hydrazine groups is 1. The van der Waals surface area contributed by atoms with Crippen LogP contribution in [-0.2, 0) is 9.53 Å². The predicted octanol–water partition coefficient (Wildman–Crippen LogP) is 2.85. The summed E-state index contributed by atoms with van der Waals surface area (Å²) < 4.78 is 5.36. The SMILES string of the molecule is CC(C)(C)OC(=O)N1CCC(=CC(=O)N(N)c2ccccc2)CC1. The highest BCUT2D eigenvalue weighted by Crippen LogP contribution is 2.20. The van der Waals surface area contributed by atoms with Gasteiger partial charge in [-0.25, -0.2) is 15.6 Å². The van der Waals surface area contributed by atoms with Crippen LogP contribution in [0.25, 0.3) is 0 Å². The molecule has 0 bridgehead atoms. The molecule has 130 valence electrons. The van der Waals surface area contributed by atoms with E-state index in [0.717, 1.165) is 10.6 Å². The van der Waals surface area contributed by atoms with Crippen molar-refractivity contribution >= 4 is 17.7 Å². The van der Waals surface area contributed by atoms with Crippen molar-refractivity contribution in [1.29, 1.82) is 0 Å². The van der Waals surface area contributed by atoms with Gasteiger partial charge in [0.05, 0.1) is 5.69 Å². The number of hydrogen-bond donors (Lipinski definition) is 1. The Kier molecular flexibility index (Phi) is 5.62. The predicted molar refractivity (Wildman–Crippen MR) is 93.2 cm³/mol. The molecule has 6 heteroatoms. The van der Waals surface area contributed by atoms with Crippen molar-refractivity contribution in [2.24, 2.45) is 5.84 Å². The van der Waals surface area contributed by atoms with Crippen molar-refractivity contribution in [3.63, 3.8) is 0 Å². The van der Waals surface area contributed by atoms with Crippen LogP contribution in [0.5, 0.6) is 0 Å². The Hall–Kier alpha value is -2.34. The fourth-order valence-electron chi connectivity index (χ4n) is 2.41. The van der Waals surface area contributed by atoms with Crippen LogP contribution in [-0.4, -0.2) is 35.6 Å². The van der Waals surface area contributed by atoms with Crippen molar-refractivity contribution in [2.75, 3.05) is 18.1 Å². The van der Waals surface area contributed by atoms with E-state index in [-0.39, 0.29) is 12.0 Å². The number of anilines is 1. The normalized spacial score (nSPS) is 15.0. The Morgan fingerprint density at radius 2 is 1.75 bits per heavy atom. The molecule has 1 aliphatic heterocycles. The summed E-state index contributed by atoms with van der Waals surface area (Å²) in [6.45, 7) is 6.63. The maximum absolute atomic E-state index is 12.2. The van der Waals surface area contributed by atoms with E-state index in [0.29, 0.717) is 31.6 Å². The molecule has 1 saturated heterocycles. The molecule has 24 heavy (non-hydrogen) atoms. The van der Waals surface area contributed by atoms with E-state index in [9.17, 15) is 9.59 Å². The number of piperidine rings is 1. The number of rotatable bonds is 2. The number of amides is 2. The minimum Gasteiger partial charge on any atom is -0.444 e. The van der Waals surface area contributed by atoms with Gasteiger partial charge < -0.3 is 9.64 Å².